The second-order valence-electron chi connectivity index (χ2n) is 3.24. The standard InChI is InChI=1S/C7H14N2O2/c1-7(2,3)9(11)5-6(10)8-4/h5H,1-4H3,(H,8,10)/b9-5-. The zero-order chi connectivity index (χ0) is 9.07. The molecule has 1 amide bonds. The maximum absolute atomic E-state index is 11.0. The van der Waals surface area contributed by atoms with Gasteiger partial charge in [0.25, 0.3) is 0 Å². The smallest absolute Gasteiger partial charge is 0.308 e. The van der Waals surface area contributed by atoms with Gasteiger partial charge >= 0.3 is 5.91 Å². The van der Waals surface area contributed by atoms with Crippen LogP contribution in [0.5, 0.6) is 0 Å². The summed E-state index contributed by atoms with van der Waals surface area (Å²) >= 11 is 0. The van der Waals surface area contributed by atoms with Crippen LogP contribution >= 0.6 is 0 Å². The minimum absolute atomic E-state index is 0.380. The zero-order valence-electron chi connectivity index (χ0n) is 7.34. The van der Waals surface area contributed by atoms with Gasteiger partial charge in [0.2, 0.25) is 6.21 Å². The molecule has 0 heterocycles. The van der Waals surface area contributed by atoms with Gasteiger partial charge in [0.1, 0.15) is 0 Å². The molecule has 0 bridgehead atoms. The minimum atomic E-state index is -0.549. The van der Waals surface area contributed by atoms with Gasteiger partial charge < -0.3 is 10.5 Å². The maximum Gasteiger partial charge on any atom is 0.308 e. The summed E-state index contributed by atoms with van der Waals surface area (Å²) < 4.78 is 0.631. The number of hydrogen-bond acceptors (Lipinski definition) is 2. The Balaban J connectivity index is 4.35. The van der Waals surface area contributed by atoms with Crippen LogP contribution in [-0.4, -0.2) is 29.4 Å². The largest absolute Gasteiger partial charge is 0.623 e. The molecule has 0 atom stereocenters. The van der Waals surface area contributed by atoms with Crippen LogP contribution in [0.15, 0.2) is 0 Å². The van der Waals surface area contributed by atoms with Crippen molar-refractivity contribution in [1.29, 1.82) is 0 Å². The maximum atomic E-state index is 11.0. The number of nitrogens with one attached hydrogen (secondary N) is 1. The summed E-state index contributed by atoms with van der Waals surface area (Å²) in [6.07, 6.45) is 1.000. The van der Waals surface area contributed by atoms with Crippen LogP contribution < -0.4 is 5.32 Å². The number of hydroxylamine groups is 1. The summed E-state index contributed by atoms with van der Waals surface area (Å²) in [5.41, 5.74) is -0.549. The summed E-state index contributed by atoms with van der Waals surface area (Å²) in [5, 5.41) is 13.4. The molecule has 0 aromatic rings. The van der Waals surface area contributed by atoms with Crippen molar-refractivity contribution in [2.75, 3.05) is 7.05 Å². The molecule has 4 nitrogen and oxygen atoms in total. The predicted molar refractivity (Wildman–Crippen MR) is 43.5 cm³/mol. The summed E-state index contributed by atoms with van der Waals surface area (Å²) in [7, 11) is 1.48. The molecule has 0 saturated carbocycles. The lowest BCUT2D eigenvalue weighted by atomic mass is 10.1. The van der Waals surface area contributed by atoms with E-state index in [-0.39, 0.29) is 5.91 Å². The second kappa shape index (κ2) is 3.37. The normalized spacial score (nSPS) is 12.9. The van der Waals surface area contributed by atoms with E-state index >= 15 is 0 Å². The first-order valence-electron chi connectivity index (χ1n) is 3.41. The highest BCUT2D eigenvalue weighted by Gasteiger charge is 2.18. The van der Waals surface area contributed by atoms with Gasteiger partial charge in [-0.05, 0) is 0 Å². The number of rotatable bonds is 1. The van der Waals surface area contributed by atoms with E-state index in [1.54, 1.807) is 20.8 Å². The Morgan fingerprint density at radius 3 is 2.27 bits per heavy atom. The van der Waals surface area contributed by atoms with Crippen molar-refractivity contribution in [2.24, 2.45) is 0 Å². The molecule has 0 rings (SSSR count). The Morgan fingerprint density at radius 2 is 2.00 bits per heavy atom. The molecule has 0 aromatic carbocycles. The van der Waals surface area contributed by atoms with E-state index < -0.39 is 5.54 Å². The monoisotopic (exact) mass is 158 g/mol. The van der Waals surface area contributed by atoms with Crippen molar-refractivity contribution in [3.8, 4) is 0 Å². The molecule has 0 saturated heterocycles. The summed E-state index contributed by atoms with van der Waals surface area (Å²) in [4.78, 5) is 10.7. The van der Waals surface area contributed by atoms with E-state index in [0.29, 0.717) is 4.74 Å². The van der Waals surface area contributed by atoms with Crippen LogP contribution in [0.25, 0.3) is 0 Å². The average molecular weight is 158 g/mol. The summed E-state index contributed by atoms with van der Waals surface area (Å²) in [6, 6.07) is 0. The molecule has 0 aliphatic rings. The van der Waals surface area contributed by atoms with E-state index in [9.17, 15) is 10.0 Å². The zero-order valence-corrected chi connectivity index (χ0v) is 7.34. The first kappa shape index (κ1) is 9.94. The fourth-order valence-corrected chi connectivity index (χ4v) is 0.365. The Labute approximate surface area is 66.5 Å². The Hall–Kier alpha value is -1.06. The van der Waals surface area contributed by atoms with Crippen molar-refractivity contribution in [3.63, 3.8) is 0 Å². The van der Waals surface area contributed by atoms with Gasteiger partial charge in [-0.25, -0.2) is 4.74 Å². The van der Waals surface area contributed by atoms with Crippen molar-refractivity contribution >= 4 is 12.1 Å². The molecule has 0 radical (unpaired) electrons. The minimum Gasteiger partial charge on any atom is -0.623 e. The number of carbonyl (C=O) groups is 1. The fourth-order valence-electron chi connectivity index (χ4n) is 0.365. The SMILES string of the molecule is CNC(=O)/C=[N+](\[O-])C(C)(C)C. The average Bonchev–Trinajstić information content (AvgIpc) is 1.85. The van der Waals surface area contributed by atoms with Gasteiger partial charge in [0, 0.05) is 27.8 Å². The number of nitrogens with zero attached hydrogens (tertiary/aromatic N) is 1. The highest BCUT2D eigenvalue weighted by Crippen LogP contribution is 2.03. The lowest BCUT2D eigenvalue weighted by Gasteiger charge is -2.17. The molecule has 0 aromatic heterocycles. The van der Waals surface area contributed by atoms with Gasteiger partial charge in [-0.1, -0.05) is 0 Å². The summed E-state index contributed by atoms with van der Waals surface area (Å²) in [5.74, 6) is -0.380. The molecule has 0 aliphatic heterocycles. The molecular formula is C7H14N2O2. The van der Waals surface area contributed by atoms with Crippen molar-refractivity contribution in [1.82, 2.24) is 5.32 Å². The lowest BCUT2D eigenvalue weighted by molar-refractivity contribution is -0.530. The highest BCUT2D eigenvalue weighted by atomic mass is 16.5. The van der Waals surface area contributed by atoms with Gasteiger partial charge in [-0.2, -0.15) is 0 Å². The van der Waals surface area contributed by atoms with Crippen LogP contribution in [0.1, 0.15) is 20.8 Å². The van der Waals surface area contributed by atoms with E-state index in [0.717, 1.165) is 6.21 Å². The molecule has 0 spiro atoms. The molecular weight excluding hydrogens is 144 g/mol. The molecule has 64 valence electrons. The molecule has 0 unspecified atom stereocenters. The van der Waals surface area contributed by atoms with Crippen LogP contribution in [0.2, 0.25) is 0 Å². The van der Waals surface area contributed by atoms with Gasteiger partial charge in [-0.15, -0.1) is 0 Å². The van der Waals surface area contributed by atoms with E-state index in [4.69, 9.17) is 0 Å². The third kappa shape index (κ3) is 3.60. The first-order valence-corrected chi connectivity index (χ1v) is 3.41. The molecule has 11 heavy (non-hydrogen) atoms. The lowest BCUT2D eigenvalue weighted by Crippen LogP contribution is -2.33. The quantitative estimate of drug-likeness (QED) is 0.255. The van der Waals surface area contributed by atoms with E-state index in [2.05, 4.69) is 5.32 Å². The molecule has 4 heteroatoms. The number of amides is 1. The third-order valence-corrected chi connectivity index (χ3v) is 1.14. The first-order chi connectivity index (χ1) is 4.88. The number of carbonyl (C=O) groups excluding carboxylic acids is 1. The van der Waals surface area contributed by atoms with Crippen molar-refractivity contribution in [2.45, 2.75) is 26.3 Å². The Kier molecular flexibility index (Phi) is 3.04. The second-order valence-corrected chi connectivity index (χ2v) is 3.24. The van der Waals surface area contributed by atoms with Crippen molar-refractivity contribution in [3.05, 3.63) is 5.21 Å². The van der Waals surface area contributed by atoms with Gasteiger partial charge in [0.05, 0.1) is 0 Å². The van der Waals surface area contributed by atoms with Crippen LogP contribution in [0.3, 0.4) is 0 Å². The van der Waals surface area contributed by atoms with Gasteiger partial charge in [-0.3, -0.25) is 4.79 Å². The van der Waals surface area contributed by atoms with Gasteiger partial charge in [0.15, 0.2) is 5.54 Å². The van der Waals surface area contributed by atoms with Crippen LogP contribution in [0.4, 0.5) is 0 Å². The number of hydrogen-bond donors (Lipinski definition) is 1. The highest BCUT2D eigenvalue weighted by molar-refractivity contribution is 6.24. The molecule has 1 N–H and O–H groups in total. The van der Waals surface area contributed by atoms with Crippen LogP contribution in [0, 0.1) is 5.21 Å². The predicted octanol–water partition coefficient (Wildman–Crippen LogP) is 0.112. The third-order valence-electron chi connectivity index (χ3n) is 1.14. The fraction of sp³-hybridized carbons (Fsp3) is 0.714. The summed E-state index contributed by atoms with van der Waals surface area (Å²) in [6.45, 7) is 5.21. The Bertz CT molecular complexity index is 179. The van der Waals surface area contributed by atoms with Crippen molar-refractivity contribution < 1.29 is 9.53 Å². The molecule has 0 aliphatic carbocycles. The Morgan fingerprint density at radius 1 is 1.55 bits per heavy atom. The molecule has 0 fully saturated rings. The van der Waals surface area contributed by atoms with Crippen LogP contribution in [-0.2, 0) is 4.79 Å². The van der Waals surface area contributed by atoms with E-state index in [1.165, 1.54) is 7.05 Å². The van der Waals surface area contributed by atoms with E-state index in [1.807, 2.05) is 0 Å². The topological polar surface area (TPSA) is 55.2 Å².